The van der Waals surface area contributed by atoms with Gasteiger partial charge in [0.1, 0.15) is 12.6 Å². The van der Waals surface area contributed by atoms with Crippen LogP contribution in [0.15, 0.2) is 24.3 Å². The van der Waals surface area contributed by atoms with Gasteiger partial charge in [0, 0.05) is 11.4 Å². The van der Waals surface area contributed by atoms with Crippen LogP contribution >= 0.6 is 11.6 Å². The number of carboxylic acid groups (broad SMARTS) is 1. The number of nitrogens with zero attached hydrogens (tertiary/aromatic N) is 1. The molecule has 2 fully saturated rings. The molecule has 0 aliphatic carbocycles. The van der Waals surface area contributed by atoms with E-state index in [1.165, 1.54) is 0 Å². The van der Waals surface area contributed by atoms with Crippen molar-refractivity contribution in [3.8, 4) is 0 Å². The Morgan fingerprint density at radius 3 is 2.69 bits per heavy atom. The van der Waals surface area contributed by atoms with Crippen molar-refractivity contribution in [1.29, 1.82) is 0 Å². The molecule has 0 radical (unpaired) electrons. The molecule has 0 spiro atoms. The zero-order valence-corrected chi connectivity index (χ0v) is 14.2. The van der Waals surface area contributed by atoms with Gasteiger partial charge in [-0.15, -0.1) is 0 Å². The summed E-state index contributed by atoms with van der Waals surface area (Å²) in [6.07, 6.45) is -0.432. The van der Waals surface area contributed by atoms with E-state index in [-0.39, 0.29) is 25.9 Å². The minimum Gasteiger partial charge on any atom is -0.477 e. The van der Waals surface area contributed by atoms with Crippen molar-refractivity contribution in [2.45, 2.75) is 31.0 Å². The van der Waals surface area contributed by atoms with Gasteiger partial charge >= 0.3 is 17.7 Å². The van der Waals surface area contributed by atoms with E-state index in [1.54, 1.807) is 24.3 Å². The van der Waals surface area contributed by atoms with Crippen LogP contribution < -0.4 is 5.32 Å². The SMILES string of the molecule is O=C(Cc1ccccc1Cl)N[C@H]1CON(C2(C(=O)O)CCC(=O)O2)C1=O. The Morgan fingerprint density at radius 2 is 2.08 bits per heavy atom. The first-order chi connectivity index (χ1) is 12.3. The Balaban J connectivity index is 1.67. The molecule has 2 amide bonds. The number of ether oxygens (including phenoxy) is 1. The van der Waals surface area contributed by atoms with Gasteiger partial charge in [0.05, 0.1) is 12.8 Å². The monoisotopic (exact) mass is 382 g/mol. The zero-order valence-electron chi connectivity index (χ0n) is 13.4. The average Bonchev–Trinajstić information content (AvgIpc) is 3.14. The molecule has 2 aliphatic heterocycles. The van der Waals surface area contributed by atoms with Crippen LogP contribution in [0.25, 0.3) is 0 Å². The normalized spacial score (nSPS) is 25.3. The number of cyclic esters (lactones) is 1. The second-order valence-corrected chi connectivity index (χ2v) is 6.29. The summed E-state index contributed by atoms with van der Waals surface area (Å²) in [5.74, 6) is -3.53. The molecule has 0 aromatic heterocycles. The summed E-state index contributed by atoms with van der Waals surface area (Å²) in [5, 5.41) is 12.8. The van der Waals surface area contributed by atoms with E-state index in [0.29, 0.717) is 15.6 Å². The fourth-order valence-electron chi connectivity index (χ4n) is 2.81. The van der Waals surface area contributed by atoms with Crippen LogP contribution in [0.2, 0.25) is 5.02 Å². The van der Waals surface area contributed by atoms with Crippen LogP contribution in [0.1, 0.15) is 18.4 Å². The molecule has 2 atom stereocenters. The Morgan fingerprint density at radius 1 is 1.35 bits per heavy atom. The lowest BCUT2D eigenvalue weighted by molar-refractivity contribution is -0.256. The molecule has 1 unspecified atom stereocenters. The third kappa shape index (κ3) is 3.23. The topological polar surface area (TPSA) is 122 Å². The number of nitrogens with one attached hydrogen (secondary N) is 1. The van der Waals surface area contributed by atoms with E-state index in [1.807, 2.05) is 0 Å². The molecule has 3 rings (SSSR count). The first-order valence-electron chi connectivity index (χ1n) is 7.78. The second kappa shape index (κ2) is 6.93. The first-order valence-corrected chi connectivity index (χ1v) is 8.16. The fourth-order valence-corrected chi connectivity index (χ4v) is 3.02. The standard InChI is InChI=1S/C16H15ClN2O7/c17-10-4-2-1-3-9(10)7-12(20)18-11-8-25-19(14(11)22)16(15(23)24)6-5-13(21)26-16/h1-4,11H,5-8H2,(H,18,20)(H,23,24)/t11-,16?/m0/s1. The molecule has 0 bridgehead atoms. The maximum atomic E-state index is 12.5. The van der Waals surface area contributed by atoms with Crippen LogP contribution in [-0.4, -0.2) is 52.3 Å². The minimum atomic E-state index is -2.20. The Hall–Kier alpha value is -2.65. The van der Waals surface area contributed by atoms with Crippen LogP contribution in [0.4, 0.5) is 0 Å². The van der Waals surface area contributed by atoms with Crippen LogP contribution in [-0.2, 0) is 35.2 Å². The third-order valence-corrected chi connectivity index (χ3v) is 4.49. The molecule has 1 aromatic rings. The van der Waals surface area contributed by atoms with Gasteiger partial charge in [-0.2, -0.15) is 5.06 Å². The predicted molar refractivity (Wildman–Crippen MR) is 85.6 cm³/mol. The summed E-state index contributed by atoms with van der Waals surface area (Å²) < 4.78 is 4.84. The molecule has 2 heterocycles. The van der Waals surface area contributed by atoms with Crippen molar-refractivity contribution in [1.82, 2.24) is 10.4 Å². The predicted octanol–water partition coefficient (Wildman–Crippen LogP) is 0.259. The summed E-state index contributed by atoms with van der Waals surface area (Å²) in [7, 11) is 0. The highest BCUT2D eigenvalue weighted by Gasteiger charge is 2.59. The number of amides is 2. The zero-order chi connectivity index (χ0) is 18.9. The van der Waals surface area contributed by atoms with Crippen molar-refractivity contribution in [3.05, 3.63) is 34.9 Å². The molecule has 26 heavy (non-hydrogen) atoms. The highest BCUT2D eigenvalue weighted by Crippen LogP contribution is 2.34. The van der Waals surface area contributed by atoms with Crippen LogP contribution in [0.3, 0.4) is 0 Å². The van der Waals surface area contributed by atoms with Crippen LogP contribution in [0.5, 0.6) is 0 Å². The molecular weight excluding hydrogens is 368 g/mol. The number of halogens is 1. The Labute approximate surface area is 152 Å². The molecule has 2 saturated heterocycles. The van der Waals surface area contributed by atoms with Crippen molar-refractivity contribution in [2.24, 2.45) is 0 Å². The number of rotatable bonds is 5. The lowest BCUT2D eigenvalue weighted by Crippen LogP contribution is -2.56. The van der Waals surface area contributed by atoms with Gasteiger partial charge in [-0.1, -0.05) is 29.8 Å². The molecule has 1 aromatic carbocycles. The molecule has 2 aliphatic rings. The number of esters is 1. The number of carboxylic acids is 1. The van der Waals surface area contributed by atoms with Gasteiger partial charge in [-0.25, -0.2) is 4.79 Å². The third-order valence-electron chi connectivity index (χ3n) is 4.13. The molecule has 9 nitrogen and oxygen atoms in total. The Kier molecular flexibility index (Phi) is 4.84. The highest BCUT2D eigenvalue weighted by molar-refractivity contribution is 6.31. The number of hydrogen-bond acceptors (Lipinski definition) is 6. The van der Waals surface area contributed by atoms with E-state index in [4.69, 9.17) is 21.2 Å². The lowest BCUT2D eigenvalue weighted by atomic mass is 10.1. The maximum absolute atomic E-state index is 12.5. The number of carbonyl (C=O) groups is 4. The van der Waals surface area contributed by atoms with Gasteiger partial charge in [0.25, 0.3) is 5.91 Å². The quantitative estimate of drug-likeness (QED) is 0.700. The summed E-state index contributed by atoms with van der Waals surface area (Å²) >= 11 is 6.00. The number of hydrogen-bond donors (Lipinski definition) is 2. The number of carbonyl (C=O) groups excluding carboxylic acids is 3. The van der Waals surface area contributed by atoms with E-state index >= 15 is 0 Å². The van der Waals surface area contributed by atoms with E-state index in [2.05, 4.69) is 5.32 Å². The average molecular weight is 383 g/mol. The van der Waals surface area contributed by atoms with E-state index < -0.39 is 35.5 Å². The van der Waals surface area contributed by atoms with Crippen molar-refractivity contribution < 1.29 is 33.9 Å². The summed E-state index contributed by atoms with van der Waals surface area (Å²) in [6, 6.07) is 5.69. The summed E-state index contributed by atoms with van der Waals surface area (Å²) in [5.41, 5.74) is -1.61. The van der Waals surface area contributed by atoms with E-state index in [0.717, 1.165) is 0 Å². The lowest BCUT2D eigenvalue weighted by Gasteiger charge is -2.30. The summed E-state index contributed by atoms with van der Waals surface area (Å²) in [6.45, 7) is -0.264. The number of benzene rings is 1. The highest BCUT2D eigenvalue weighted by atomic mass is 35.5. The van der Waals surface area contributed by atoms with E-state index in [9.17, 15) is 24.3 Å². The van der Waals surface area contributed by atoms with Gasteiger partial charge in [-0.3, -0.25) is 19.2 Å². The number of hydroxylamine groups is 2. The second-order valence-electron chi connectivity index (χ2n) is 5.88. The molecule has 10 heteroatoms. The smallest absolute Gasteiger partial charge is 0.372 e. The van der Waals surface area contributed by atoms with Gasteiger partial charge in [-0.05, 0) is 11.6 Å². The largest absolute Gasteiger partial charge is 0.477 e. The van der Waals surface area contributed by atoms with Crippen LogP contribution in [0, 0.1) is 0 Å². The Bertz CT molecular complexity index is 784. The van der Waals surface area contributed by atoms with Crippen molar-refractivity contribution >= 4 is 35.4 Å². The van der Waals surface area contributed by atoms with Gasteiger partial charge in [0.2, 0.25) is 5.91 Å². The van der Waals surface area contributed by atoms with Crippen molar-refractivity contribution in [3.63, 3.8) is 0 Å². The van der Waals surface area contributed by atoms with Gasteiger partial charge in [0.15, 0.2) is 0 Å². The molecule has 0 saturated carbocycles. The molecular formula is C16H15ClN2O7. The summed E-state index contributed by atoms with van der Waals surface area (Å²) in [4.78, 5) is 52.7. The first kappa shape index (κ1) is 18.2. The fraction of sp³-hybridized carbons (Fsp3) is 0.375. The number of aliphatic carboxylic acids is 1. The minimum absolute atomic E-state index is 0.0531. The molecule has 138 valence electrons. The van der Waals surface area contributed by atoms with Crippen molar-refractivity contribution in [2.75, 3.05) is 6.61 Å². The maximum Gasteiger partial charge on any atom is 0.372 e. The molecule has 2 N–H and O–H groups in total. The van der Waals surface area contributed by atoms with Gasteiger partial charge < -0.3 is 15.2 Å².